The van der Waals surface area contributed by atoms with Crippen LogP contribution in [0.1, 0.15) is 17.9 Å². The van der Waals surface area contributed by atoms with Crippen LogP contribution in [0.25, 0.3) is 0 Å². The van der Waals surface area contributed by atoms with E-state index in [0.29, 0.717) is 25.6 Å². The summed E-state index contributed by atoms with van der Waals surface area (Å²) in [4.78, 5) is 0. The zero-order chi connectivity index (χ0) is 12.4. The second kappa shape index (κ2) is 5.06. The Morgan fingerprint density at radius 3 is 2.59 bits per heavy atom. The number of nitrogens with one attached hydrogen (secondary N) is 1. The van der Waals surface area contributed by atoms with E-state index in [4.69, 9.17) is 0 Å². The van der Waals surface area contributed by atoms with Gasteiger partial charge in [-0.1, -0.05) is 0 Å². The largest absolute Gasteiger partial charge is 0.396 e. The molecule has 2 N–H and O–H groups in total. The van der Waals surface area contributed by atoms with Crippen LogP contribution < -0.4 is 5.32 Å². The van der Waals surface area contributed by atoms with Gasteiger partial charge in [0.2, 0.25) is 0 Å². The Bertz CT molecular complexity index is 411. The highest BCUT2D eigenvalue weighted by molar-refractivity contribution is 5.25. The molecular weight excluding hydrogens is 231 g/mol. The molecule has 2 nitrogen and oxygen atoms in total. The molecule has 0 radical (unpaired) electrons. The summed E-state index contributed by atoms with van der Waals surface area (Å²) in [6, 6.07) is 1.48. The van der Waals surface area contributed by atoms with E-state index in [1.54, 1.807) is 0 Å². The summed E-state index contributed by atoms with van der Waals surface area (Å²) < 4.78 is 39.6. The van der Waals surface area contributed by atoms with Gasteiger partial charge in [-0.25, -0.2) is 13.2 Å². The van der Waals surface area contributed by atoms with Gasteiger partial charge in [-0.05, 0) is 30.5 Å². The lowest BCUT2D eigenvalue weighted by atomic mass is 9.81. The molecule has 2 rings (SSSR count). The number of benzene rings is 1. The van der Waals surface area contributed by atoms with Crippen LogP contribution in [0.15, 0.2) is 12.1 Å². The Balaban J connectivity index is 2.34. The van der Waals surface area contributed by atoms with Gasteiger partial charge in [0.1, 0.15) is 5.82 Å². The number of hydrogen-bond acceptors (Lipinski definition) is 2. The Morgan fingerprint density at radius 1 is 1.18 bits per heavy atom. The molecule has 1 saturated heterocycles. The molecule has 2 atom stereocenters. The first-order valence-corrected chi connectivity index (χ1v) is 5.59. The van der Waals surface area contributed by atoms with E-state index in [2.05, 4.69) is 5.32 Å². The van der Waals surface area contributed by atoms with Gasteiger partial charge in [-0.15, -0.1) is 0 Å². The van der Waals surface area contributed by atoms with E-state index >= 15 is 0 Å². The fraction of sp³-hybridized carbons (Fsp3) is 0.500. The minimum atomic E-state index is -1.18. The summed E-state index contributed by atoms with van der Waals surface area (Å²) in [5.74, 6) is -3.40. The lowest BCUT2D eigenvalue weighted by Gasteiger charge is -2.31. The molecule has 1 aliphatic rings. The summed E-state index contributed by atoms with van der Waals surface area (Å²) in [5.41, 5.74) is 0.157. The molecule has 1 aromatic carbocycles. The van der Waals surface area contributed by atoms with Crippen molar-refractivity contribution < 1.29 is 18.3 Å². The average Bonchev–Trinajstić information content (AvgIpc) is 2.34. The second-order valence-corrected chi connectivity index (χ2v) is 4.33. The van der Waals surface area contributed by atoms with E-state index in [-0.39, 0.29) is 24.0 Å². The van der Waals surface area contributed by atoms with Gasteiger partial charge in [-0.2, -0.15) is 0 Å². The number of aliphatic hydroxyl groups excluding tert-OH is 1. The van der Waals surface area contributed by atoms with E-state index in [1.807, 2.05) is 0 Å². The third-order valence-corrected chi connectivity index (χ3v) is 3.28. The maximum Gasteiger partial charge on any atom is 0.161 e. The van der Waals surface area contributed by atoms with Gasteiger partial charge in [0.15, 0.2) is 11.6 Å². The van der Waals surface area contributed by atoms with Crippen LogP contribution in [-0.4, -0.2) is 24.8 Å². The first-order chi connectivity index (χ1) is 8.13. The summed E-state index contributed by atoms with van der Waals surface area (Å²) in [5, 5.41) is 12.3. The minimum absolute atomic E-state index is 0.101. The highest BCUT2D eigenvalue weighted by Gasteiger charge is 2.28. The van der Waals surface area contributed by atoms with Crippen LogP contribution in [-0.2, 0) is 0 Å². The van der Waals surface area contributed by atoms with Crippen LogP contribution in [0.3, 0.4) is 0 Å². The van der Waals surface area contributed by atoms with Gasteiger partial charge in [0.25, 0.3) is 0 Å². The molecule has 2 unspecified atom stereocenters. The molecule has 1 aliphatic heterocycles. The van der Waals surface area contributed by atoms with Crippen molar-refractivity contribution >= 4 is 0 Å². The summed E-state index contributed by atoms with van der Waals surface area (Å²) in [6.07, 6.45) is 0.604. The molecule has 0 amide bonds. The molecule has 1 fully saturated rings. The Kier molecular flexibility index (Phi) is 3.69. The molecule has 17 heavy (non-hydrogen) atoms. The normalized spacial score (nSPS) is 24.9. The monoisotopic (exact) mass is 245 g/mol. The predicted molar refractivity (Wildman–Crippen MR) is 57.1 cm³/mol. The number of rotatable bonds is 2. The Hall–Kier alpha value is -1.07. The first kappa shape index (κ1) is 12.4. The van der Waals surface area contributed by atoms with Gasteiger partial charge in [0.05, 0.1) is 0 Å². The second-order valence-electron chi connectivity index (χ2n) is 4.33. The lowest BCUT2D eigenvalue weighted by molar-refractivity contribution is 0.177. The van der Waals surface area contributed by atoms with Crippen LogP contribution in [0.4, 0.5) is 13.2 Å². The van der Waals surface area contributed by atoms with Crippen molar-refractivity contribution in [2.45, 2.75) is 12.3 Å². The van der Waals surface area contributed by atoms with E-state index in [9.17, 15) is 18.3 Å². The molecule has 1 aromatic rings. The molecule has 0 saturated carbocycles. The summed E-state index contributed by atoms with van der Waals surface area (Å²) in [7, 11) is 0. The number of aliphatic hydroxyl groups is 1. The van der Waals surface area contributed by atoms with Crippen molar-refractivity contribution in [2.24, 2.45) is 5.92 Å². The highest BCUT2D eigenvalue weighted by atomic mass is 19.2. The third kappa shape index (κ3) is 2.45. The number of halogens is 3. The van der Waals surface area contributed by atoms with Crippen molar-refractivity contribution in [1.82, 2.24) is 5.32 Å². The number of piperidine rings is 1. The molecule has 0 aliphatic carbocycles. The standard InChI is InChI=1S/C12H14F3NO/c13-10-4-12(15)11(14)3-9(10)8-1-2-16-5-7(8)6-17/h3-4,7-8,16-17H,1-2,5-6H2. The molecule has 1 heterocycles. The zero-order valence-corrected chi connectivity index (χ0v) is 9.22. The average molecular weight is 245 g/mol. The van der Waals surface area contributed by atoms with E-state index in [0.717, 1.165) is 6.07 Å². The third-order valence-electron chi connectivity index (χ3n) is 3.28. The van der Waals surface area contributed by atoms with E-state index < -0.39 is 17.5 Å². The van der Waals surface area contributed by atoms with Crippen molar-refractivity contribution in [1.29, 1.82) is 0 Å². The molecule has 0 bridgehead atoms. The van der Waals surface area contributed by atoms with Gasteiger partial charge >= 0.3 is 0 Å². The number of hydrogen-bond donors (Lipinski definition) is 2. The maximum atomic E-state index is 13.6. The zero-order valence-electron chi connectivity index (χ0n) is 9.22. The lowest BCUT2D eigenvalue weighted by Crippen LogP contribution is -2.37. The van der Waals surface area contributed by atoms with Gasteiger partial charge in [-0.3, -0.25) is 0 Å². The van der Waals surface area contributed by atoms with Crippen molar-refractivity contribution in [3.63, 3.8) is 0 Å². The molecular formula is C12H14F3NO. The molecule has 0 spiro atoms. The van der Waals surface area contributed by atoms with Crippen molar-refractivity contribution in [2.75, 3.05) is 19.7 Å². The highest BCUT2D eigenvalue weighted by Crippen LogP contribution is 2.32. The SMILES string of the molecule is OCC1CNCCC1c1cc(F)c(F)cc1F. The Labute approximate surface area is 97.5 Å². The first-order valence-electron chi connectivity index (χ1n) is 5.59. The molecule has 0 aromatic heterocycles. The van der Waals surface area contributed by atoms with Crippen molar-refractivity contribution in [3.8, 4) is 0 Å². The van der Waals surface area contributed by atoms with Crippen LogP contribution in [0.5, 0.6) is 0 Å². The minimum Gasteiger partial charge on any atom is -0.396 e. The quantitative estimate of drug-likeness (QED) is 0.779. The Morgan fingerprint density at radius 2 is 1.88 bits per heavy atom. The van der Waals surface area contributed by atoms with Crippen LogP contribution in [0.2, 0.25) is 0 Å². The van der Waals surface area contributed by atoms with E-state index in [1.165, 1.54) is 0 Å². The fourth-order valence-electron chi connectivity index (χ4n) is 2.35. The van der Waals surface area contributed by atoms with Gasteiger partial charge < -0.3 is 10.4 Å². The fourth-order valence-corrected chi connectivity index (χ4v) is 2.35. The topological polar surface area (TPSA) is 32.3 Å². The molecule has 94 valence electrons. The van der Waals surface area contributed by atoms with Crippen LogP contribution >= 0.6 is 0 Å². The summed E-state index contributed by atoms with van der Waals surface area (Å²) >= 11 is 0. The predicted octanol–water partition coefficient (Wildman–Crippen LogP) is 1.79. The van der Waals surface area contributed by atoms with Crippen LogP contribution in [0, 0.1) is 23.4 Å². The maximum absolute atomic E-state index is 13.6. The summed E-state index contributed by atoms with van der Waals surface area (Å²) in [6.45, 7) is 1.13. The molecule has 5 heteroatoms. The van der Waals surface area contributed by atoms with Gasteiger partial charge in [0, 0.05) is 25.1 Å². The van der Waals surface area contributed by atoms with Crippen molar-refractivity contribution in [3.05, 3.63) is 35.1 Å². The smallest absolute Gasteiger partial charge is 0.161 e.